The quantitative estimate of drug-likeness (QED) is 0.395. The van der Waals surface area contributed by atoms with Gasteiger partial charge in [-0.15, -0.1) is 0 Å². The molecule has 11 heteroatoms. The molecule has 3 heterocycles. The van der Waals surface area contributed by atoms with Crippen LogP contribution in [0.5, 0.6) is 0 Å². The average Bonchev–Trinajstić information content (AvgIpc) is 3.03. The van der Waals surface area contributed by atoms with Crippen LogP contribution in [0.1, 0.15) is 12.6 Å². The molecule has 1 fully saturated rings. The monoisotopic (exact) mass is 292 g/mol. The molecule has 0 spiro atoms. The third-order valence-electron chi connectivity index (χ3n) is 3.42. The van der Waals surface area contributed by atoms with Gasteiger partial charge in [0, 0.05) is 11.3 Å². The Morgan fingerprint density at radius 2 is 2.38 bits per heavy atom. The zero-order valence-corrected chi connectivity index (χ0v) is 10.7. The summed E-state index contributed by atoms with van der Waals surface area (Å²) in [5.41, 5.74) is 13.4. The summed E-state index contributed by atoms with van der Waals surface area (Å²) in [6.45, 7) is -0.640. The second-order valence-electron chi connectivity index (χ2n) is 4.60. The number of hydrogen-bond acceptors (Lipinski definition) is 8. The van der Waals surface area contributed by atoms with E-state index in [-0.39, 0.29) is 12.2 Å². The molecule has 3 atom stereocenters. The van der Waals surface area contributed by atoms with Crippen LogP contribution in [-0.4, -0.2) is 48.2 Å². The summed E-state index contributed by atoms with van der Waals surface area (Å²) in [6.07, 6.45) is 0.983. The first kappa shape index (κ1) is 13.5. The first-order chi connectivity index (χ1) is 10.1. The molecule has 1 aliphatic heterocycles. The molecular formula is C10H12N8O3. The fourth-order valence-electron chi connectivity index (χ4n) is 2.33. The lowest BCUT2D eigenvalue weighted by molar-refractivity contribution is -0.122. The highest BCUT2D eigenvalue weighted by Gasteiger charge is 2.48. The van der Waals surface area contributed by atoms with Gasteiger partial charge in [0.1, 0.15) is 18.1 Å². The number of nitrogen functional groups attached to an aromatic ring is 1. The minimum absolute atomic E-state index is 0.106. The molecule has 0 aromatic carbocycles. The van der Waals surface area contributed by atoms with Crippen LogP contribution < -0.4 is 5.73 Å². The van der Waals surface area contributed by atoms with Gasteiger partial charge in [-0.05, 0) is 5.53 Å². The molecule has 0 aliphatic carbocycles. The van der Waals surface area contributed by atoms with E-state index in [0.717, 1.165) is 0 Å². The van der Waals surface area contributed by atoms with Crippen LogP contribution in [0.25, 0.3) is 21.6 Å². The fraction of sp³-hybridized carbons (Fsp3) is 0.500. The van der Waals surface area contributed by atoms with E-state index in [4.69, 9.17) is 16.0 Å². The summed E-state index contributed by atoms with van der Waals surface area (Å²) in [5.74, 6) is 0.223. The maximum atomic E-state index is 10.0. The zero-order valence-electron chi connectivity index (χ0n) is 10.7. The standard InChI is InChI=1S/C10H12N8O3/c11-8-7-9(14-3-13-8)18(4-15-7)6-1-5(20)10(2-19,21-6)16-17-12/h3-6,19-20H,1-2H2,(H2,11,13,14)/t5?,6-,10-/m1/s1. The summed E-state index contributed by atoms with van der Waals surface area (Å²) >= 11 is 0. The van der Waals surface area contributed by atoms with Crippen molar-refractivity contribution in [3.8, 4) is 0 Å². The molecule has 21 heavy (non-hydrogen) atoms. The molecule has 0 amide bonds. The van der Waals surface area contributed by atoms with Crippen LogP contribution in [0, 0.1) is 0 Å². The number of nitrogens with zero attached hydrogens (tertiary/aromatic N) is 7. The van der Waals surface area contributed by atoms with E-state index in [0.29, 0.717) is 11.2 Å². The molecule has 11 nitrogen and oxygen atoms in total. The number of nitrogens with two attached hydrogens (primary N) is 1. The number of azide groups is 1. The lowest BCUT2D eigenvalue weighted by Gasteiger charge is -2.24. The largest absolute Gasteiger partial charge is 0.393 e. The number of imidazole rings is 1. The van der Waals surface area contributed by atoms with Gasteiger partial charge in [-0.3, -0.25) is 4.57 Å². The van der Waals surface area contributed by atoms with Gasteiger partial charge in [0.2, 0.25) is 0 Å². The van der Waals surface area contributed by atoms with E-state index in [1.165, 1.54) is 12.7 Å². The molecule has 110 valence electrons. The van der Waals surface area contributed by atoms with E-state index >= 15 is 0 Å². The average molecular weight is 292 g/mol. The Balaban J connectivity index is 2.02. The van der Waals surface area contributed by atoms with E-state index in [1.807, 2.05) is 0 Å². The summed E-state index contributed by atoms with van der Waals surface area (Å²) in [6, 6.07) is 0. The highest BCUT2D eigenvalue weighted by molar-refractivity contribution is 5.81. The van der Waals surface area contributed by atoms with Crippen LogP contribution in [-0.2, 0) is 4.74 Å². The number of ether oxygens (including phenoxy) is 1. The van der Waals surface area contributed by atoms with Crippen LogP contribution in [0.2, 0.25) is 0 Å². The van der Waals surface area contributed by atoms with Crippen molar-refractivity contribution in [1.82, 2.24) is 19.5 Å². The number of rotatable bonds is 3. The zero-order chi connectivity index (χ0) is 15.0. The molecule has 0 bridgehead atoms. The molecule has 0 saturated carbocycles. The van der Waals surface area contributed by atoms with Crippen LogP contribution >= 0.6 is 0 Å². The summed E-state index contributed by atoms with van der Waals surface area (Å²) in [4.78, 5) is 14.6. The van der Waals surface area contributed by atoms with Gasteiger partial charge < -0.3 is 20.7 Å². The van der Waals surface area contributed by atoms with Gasteiger partial charge in [-0.2, -0.15) is 0 Å². The third kappa shape index (κ3) is 1.96. The lowest BCUT2D eigenvalue weighted by atomic mass is 10.1. The molecule has 0 radical (unpaired) electrons. The van der Waals surface area contributed by atoms with Crippen LogP contribution in [0.3, 0.4) is 0 Å². The van der Waals surface area contributed by atoms with Gasteiger partial charge in [-0.1, -0.05) is 5.11 Å². The van der Waals surface area contributed by atoms with Crippen LogP contribution in [0.4, 0.5) is 5.82 Å². The number of fused-ring (bicyclic) bond motifs is 1. The Bertz CT molecular complexity index is 726. The molecule has 3 rings (SSSR count). The number of hydrogen-bond donors (Lipinski definition) is 3. The minimum Gasteiger partial charge on any atom is -0.393 e. The SMILES string of the molecule is [N-]=[N+]=N[C@]1(CO)O[C@@H](n2cnc3c(N)ncnc32)CC1O. The number of aliphatic hydroxyl groups excluding tert-OH is 2. The van der Waals surface area contributed by atoms with Crippen molar-refractivity contribution >= 4 is 17.0 Å². The van der Waals surface area contributed by atoms with Crippen molar-refractivity contribution in [2.75, 3.05) is 12.3 Å². The maximum absolute atomic E-state index is 10.0. The Labute approximate surface area is 117 Å². The van der Waals surface area contributed by atoms with Gasteiger partial charge in [0.05, 0.1) is 19.0 Å². The van der Waals surface area contributed by atoms with Crippen molar-refractivity contribution in [1.29, 1.82) is 0 Å². The fourth-order valence-corrected chi connectivity index (χ4v) is 2.33. The van der Waals surface area contributed by atoms with Crippen molar-refractivity contribution in [2.45, 2.75) is 24.5 Å². The molecule has 1 saturated heterocycles. The van der Waals surface area contributed by atoms with Crippen molar-refractivity contribution < 1.29 is 14.9 Å². The maximum Gasteiger partial charge on any atom is 0.198 e. The summed E-state index contributed by atoms with van der Waals surface area (Å²) in [7, 11) is 0. The second-order valence-corrected chi connectivity index (χ2v) is 4.60. The molecule has 2 aromatic heterocycles. The first-order valence-corrected chi connectivity index (χ1v) is 6.07. The number of anilines is 1. The Kier molecular flexibility index (Phi) is 3.11. The number of aliphatic hydroxyl groups is 2. The third-order valence-corrected chi connectivity index (χ3v) is 3.42. The molecular weight excluding hydrogens is 280 g/mol. The molecule has 4 N–H and O–H groups in total. The van der Waals surface area contributed by atoms with Crippen LogP contribution in [0.15, 0.2) is 17.8 Å². The van der Waals surface area contributed by atoms with Crippen molar-refractivity contribution in [3.05, 3.63) is 23.1 Å². The second kappa shape index (κ2) is 4.82. The number of aromatic nitrogens is 4. The first-order valence-electron chi connectivity index (χ1n) is 6.07. The van der Waals surface area contributed by atoms with Gasteiger partial charge in [0.25, 0.3) is 0 Å². The Hall–Kier alpha value is -2.46. The molecule has 2 aromatic rings. The Morgan fingerprint density at radius 1 is 1.57 bits per heavy atom. The van der Waals surface area contributed by atoms with Gasteiger partial charge in [-0.25, -0.2) is 15.0 Å². The Morgan fingerprint density at radius 3 is 3.10 bits per heavy atom. The van der Waals surface area contributed by atoms with E-state index < -0.39 is 24.7 Å². The summed E-state index contributed by atoms with van der Waals surface area (Å²) in [5, 5.41) is 22.8. The van der Waals surface area contributed by atoms with E-state index in [1.54, 1.807) is 4.57 Å². The smallest absolute Gasteiger partial charge is 0.198 e. The van der Waals surface area contributed by atoms with Gasteiger partial charge >= 0.3 is 0 Å². The normalized spacial score (nSPS) is 28.7. The predicted octanol–water partition coefficient (Wildman–Crippen LogP) is -0.313. The summed E-state index contributed by atoms with van der Waals surface area (Å²) < 4.78 is 7.09. The molecule has 1 unspecified atom stereocenters. The minimum atomic E-state index is -1.71. The molecule has 1 aliphatic rings. The van der Waals surface area contributed by atoms with E-state index in [9.17, 15) is 10.2 Å². The highest BCUT2D eigenvalue weighted by Crippen LogP contribution is 2.38. The topological polar surface area (TPSA) is 168 Å². The predicted molar refractivity (Wildman–Crippen MR) is 69.4 cm³/mol. The van der Waals surface area contributed by atoms with Crippen molar-refractivity contribution in [2.24, 2.45) is 5.11 Å². The highest BCUT2D eigenvalue weighted by atomic mass is 16.6. The van der Waals surface area contributed by atoms with E-state index in [2.05, 4.69) is 25.0 Å². The van der Waals surface area contributed by atoms with Gasteiger partial charge in [0.15, 0.2) is 17.2 Å². The van der Waals surface area contributed by atoms with Crippen molar-refractivity contribution in [3.63, 3.8) is 0 Å². The lowest BCUT2D eigenvalue weighted by Crippen LogP contribution is -2.40.